The van der Waals surface area contributed by atoms with Crippen LogP contribution in [0.3, 0.4) is 0 Å². The number of aryl methyl sites for hydroxylation is 2. The summed E-state index contributed by atoms with van der Waals surface area (Å²) in [6, 6.07) is 4.01. The molecule has 0 bridgehead atoms. The number of sulfonamides is 1. The molecular formula is C15H24N2O2S. The maximum Gasteiger partial charge on any atom is 0.243 e. The van der Waals surface area contributed by atoms with Gasteiger partial charge >= 0.3 is 0 Å². The Morgan fingerprint density at radius 1 is 1.25 bits per heavy atom. The lowest BCUT2D eigenvalue weighted by atomic mass is 10.1. The first kappa shape index (κ1) is 15.3. The summed E-state index contributed by atoms with van der Waals surface area (Å²) in [5, 5.41) is 3.07. The summed E-state index contributed by atoms with van der Waals surface area (Å²) in [6.45, 7) is 6.38. The molecule has 2 rings (SSSR count). The normalized spacial score (nSPS) is 15.7. The van der Waals surface area contributed by atoms with Crippen LogP contribution in [-0.2, 0) is 10.0 Å². The van der Waals surface area contributed by atoms with E-state index in [0.717, 1.165) is 36.1 Å². The van der Waals surface area contributed by atoms with Crippen LogP contribution >= 0.6 is 0 Å². The first-order chi connectivity index (χ1) is 9.41. The van der Waals surface area contributed by atoms with Crippen molar-refractivity contribution >= 4 is 15.7 Å². The van der Waals surface area contributed by atoms with Gasteiger partial charge in [-0.05, 0) is 56.4 Å². The van der Waals surface area contributed by atoms with Crippen LogP contribution in [0.4, 0.5) is 5.69 Å². The molecule has 0 aromatic heterocycles. The van der Waals surface area contributed by atoms with Crippen molar-refractivity contribution in [2.24, 2.45) is 0 Å². The minimum Gasteiger partial charge on any atom is -0.388 e. The quantitative estimate of drug-likeness (QED) is 0.878. The number of benzene rings is 1. The Bertz CT molecular complexity index is 569. The van der Waals surface area contributed by atoms with Gasteiger partial charge in [0.25, 0.3) is 0 Å². The first-order valence-corrected chi connectivity index (χ1v) is 8.66. The molecule has 0 aliphatic heterocycles. The summed E-state index contributed by atoms with van der Waals surface area (Å²) in [4.78, 5) is 0.483. The predicted octanol–water partition coefficient (Wildman–Crippen LogP) is 2.91. The molecule has 1 fully saturated rings. The smallest absolute Gasteiger partial charge is 0.243 e. The molecule has 5 heteroatoms. The lowest BCUT2D eigenvalue weighted by Crippen LogP contribution is -2.34. The van der Waals surface area contributed by atoms with E-state index in [-0.39, 0.29) is 6.04 Å². The number of rotatable bonds is 6. The van der Waals surface area contributed by atoms with Gasteiger partial charge in [-0.3, -0.25) is 0 Å². The Balaban J connectivity index is 2.48. The van der Waals surface area contributed by atoms with Crippen molar-refractivity contribution in [2.45, 2.75) is 51.0 Å². The molecule has 1 aliphatic rings. The van der Waals surface area contributed by atoms with Crippen LogP contribution in [0.15, 0.2) is 17.0 Å². The highest BCUT2D eigenvalue weighted by atomic mass is 32.2. The van der Waals surface area contributed by atoms with Crippen molar-refractivity contribution in [2.75, 3.05) is 18.9 Å². The third-order valence-electron chi connectivity index (χ3n) is 3.71. The Labute approximate surface area is 122 Å². The average Bonchev–Trinajstić information content (AvgIpc) is 3.18. The lowest BCUT2D eigenvalue weighted by molar-refractivity contribution is 0.402. The van der Waals surface area contributed by atoms with Gasteiger partial charge in [0.05, 0.1) is 4.90 Å². The molecule has 1 saturated carbocycles. The second kappa shape index (κ2) is 5.74. The number of hydrogen-bond acceptors (Lipinski definition) is 3. The van der Waals surface area contributed by atoms with E-state index in [4.69, 9.17) is 0 Å². The van der Waals surface area contributed by atoms with Gasteiger partial charge in [0, 0.05) is 25.3 Å². The molecular weight excluding hydrogens is 272 g/mol. The van der Waals surface area contributed by atoms with Crippen LogP contribution in [0.2, 0.25) is 0 Å². The van der Waals surface area contributed by atoms with Crippen molar-refractivity contribution in [3.63, 3.8) is 0 Å². The van der Waals surface area contributed by atoms with Crippen molar-refractivity contribution in [1.29, 1.82) is 0 Å². The number of hydrogen-bond donors (Lipinski definition) is 1. The van der Waals surface area contributed by atoms with E-state index >= 15 is 0 Å². The van der Waals surface area contributed by atoms with Gasteiger partial charge in [-0.1, -0.05) is 6.92 Å². The molecule has 1 aromatic rings. The fourth-order valence-corrected chi connectivity index (χ4v) is 4.89. The molecule has 4 nitrogen and oxygen atoms in total. The monoisotopic (exact) mass is 296 g/mol. The van der Waals surface area contributed by atoms with E-state index in [0.29, 0.717) is 11.4 Å². The maximum absolute atomic E-state index is 13.0. The van der Waals surface area contributed by atoms with Crippen LogP contribution in [0, 0.1) is 13.8 Å². The van der Waals surface area contributed by atoms with Crippen LogP contribution < -0.4 is 5.32 Å². The van der Waals surface area contributed by atoms with E-state index in [2.05, 4.69) is 5.32 Å². The van der Waals surface area contributed by atoms with E-state index < -0.39 is 10.0 Å². The Morgan fingerprint density at radius 3 is 2.20 bits per heavy atom. The molecule has 0 spiro atoms. The van der Waals surface area contributed by atoms with Crippen LogP contribution in [0.1, 0.15) is 37.3 Å². The molecule has 0 amide bonds. The molecule has 20 heavy (non-hydrogen) atoms. The van der Waals surface area contributed by atoms with Crippen molar-refractivity contribution in [3.05, 3.63) is 23.3 Å². The lowest BCUT2D eigenvalue weighted by Gasteiger charge is -2.24. The molecule has 1 N–H and O–H groups in total. The third-order valence-corrected chi connectivity index (χ3v) is 5.97. The molecule has 0 saturated heterocycles. The molecule has 112 valence electrons. The van der Waals surface area contributed by atoms with Crippen molar-refractivity contribution in [3.8, 4) is 0 Å². The summed E-state index contributed by atoms with van der Waals surface area (Å²) in [5.41, 5.74) is 2.58. The van der Waals surface area contributed by atoms with Crippen LogP contribution in [0.5, 0.6) is 0 Å². The summed E-state index contributed by atoms with van der Waals surface area (Å²) in [6.07, 6.45) is 2.83. The van der Waals surface area contributed by atoms with Crippen LogP contribution in [0.25, 0.3) is 0 Å². The second-order valence-corrected chi connectivity index (χ2v) is 7.36. The van der Waals surface area contributed by atoms with Gasteiger partial charge in [-0.25, -0.2) is 8.42 Å². The third kappa shape index (κ3) is 2.83. The van der Waals surface area contributed by atoms with Crippen molar-refractivity contribution in [1.82, 2.24) is 4.31 Å². The Kier molecular flexibility index (Phi) is 4.39. The van der Waals surface area contributed by atoms with Gasteiger partial charge in [-0.2, -0.15) is 4.31 Å². The second-order valence-electron chi connectivity index (χ2n) is 5.54. The van der Waals surface area contributed by atoms with Crippen molar-refractivity contribution < 1.29 is 8.42 Å². The largest absolute Gasteiger partial charge is 0.388 e. The van der Waals surface area contributed by atoms with Gasteiger partial charge in [-0.15, -0.1) is 0 Å². The highest BCUT2D eigenvalue weighted by Crippen LogP contribution is 2.35. The number of nitrogens with one attached hydrogen (secondary N) is 1. The van der Waals surface area contributed by atoms with E-state index in [1.165, 1.54) is 0 Å². The standard InChI is InChI=1S/C15H24N2O2S/c1-5-8-17(14-6-7-14)20(18,19)15-11(2)9-13(16-4)10-12(15)3/h9-10,14,16H,5-8H2,1-4H3. The van der Waals surface area contributed by atoms with E-state index in [1.54, 1.807) is 4.31 Å². The fraction of sp³-hybridized carbons (Fsp3) is 0.600. The zero-order valence-corrected chi connectivity index (χ0v) is 13.5. The van der Waals surface area contributed by atoms with Gasteiger partial charge in [0.1, 0.15) is 0 Å². The number of nitrogens with zero attached hydrogens (tertiary/aromatic N) is 1. The van der Waals surface area contributed by atoms with Crippen LogP contribution in [-0.4, -0.2) is 32.4 Å². The Hall–Kier alpha value is -1.07. The first-order valence-electron chi connectivity index (χ1n) is 7.22. The van der Waals surface area contributed by atoms with Gasteiger partial charge < -0.3 is 5.32 Å². The van der Waals surface area contributed by atoms with Gasteiger partial charge in [0.2, 0.25) is 10.0 Å². The fourth-order valence-electron chi connectivity index (χ4n) is 2.70. The summed E-state index contributed by atoms with van der Waals surface area (Å²) >= 11 is 0. The topological polar surface area (TPSA) is 49.4 Å². The van der Waals surface area contributed by atoms with E-state index in [9.17, 15) is 8.42 Å². The molecule has 1 aromatic carbocycles. The zero-order valence-electron chi connectivity index (χ0n) is 12.7. The average molecular weight is 296 g/mol. The van der Waals surface area contributed by atoms with Gasteiger partial charge in [0.15, 0.2) is 0 Å². The SMILES string of the molecule is CCCN(C1CC1)S(=O)(=O)c1c(C)cc(NC)cc1C. The summed E-state index contributed by atoms with van der Waals surface area (Å²) in [5.74, 6) is 0. The predicted molar refractivity (Wildman–Crippen MR) is 82.7 cm³/mol. The molecule has 1 aliphatic carbocycles. The highest BCUT2D eigenvalue weighted by Gasteiger charge is 2.38. The zero-order chi connectivity index (χ0) is 14.9. The molecule has 0 heterocycles. The minimum atomic E-state index is -3.38. The molecule has 0 atom stereocenters. The summed E-state index contributed by atoms with van der Waals surface area (Å²) in [7, 11) is -1.54. The molecule has 0 unspecified atom stereocenters. The highest BCUT2D eigenvalue weighted by molar-refractivity contribution is 7.89. The maximum atomic E-state index is 13.0. The number of anilines is 1. The van der Waals surface area contributed by atoms with E-state index in [1.807, 2.05) is 40.0 Å². The molecule has 0 radical (unpaired) electrons. The Morgan fingerprint density at radius 2 is 1.80 bits per heavy atom. The minimum absolute atomic E-state index is 0.211. The summed E-state index contributed by atoms with van der Waals surface area (Å²) < 4.78 is 27.6.